The highest BCUT2D eigenvalue weighted by atomic mass is 32.3. The smallest absolute Gasteiger partial charge is 0.115 e. The van der Waals surface area contributed by atoms with E-state index >= 15 is 0 Å². The summed E-state index contributed by atoms with van der Waals surface area (Å²) >= 11 is 10.5. The van der Waals surface area contributed by atoms with E-state index in [0.717, 1.165) is 15.7 Å². The predicted molar refractivity (Wildman–Crippen MR) is 117 cm³/mol. The van der Waals surface area contributed by atoms with Gasteiger partial charge >= 0.3 is 0 Å². The SMILES string of the molecule is CCCCSC1=C(SCCCC)SC(=C2SC(C#N)=C(C#N)S2)S1. The van der Waals surface area contributed by atoms with Gasteiger partial charge in [0, 0.05) is 0 Å². The first-order valence-electron chi connectivity index (χ1n) is 7.73. The summed E-state index contributed by atoms with van der Waals surface area (Å²) in [5, 5.41) is 18.3. The summed E-state index contributed by atoms with van der Waals surface area (Å²) in [6, 6.07) is 4.29. The lowest BCUT2D eigenvalue weighted by Crippen LogP contribution is -1.80. The molecule has 2 aliphatic heterocycles. The third-order valence-corrected chi connectivity index (χ3v) is 11.6. The average molecular weight is 431 g/mol. The fraction of sp³-hybridized carbons (Fsp3) is 0.500. The molecule has 0 amide bonds. The van der Waals surface area contributed by atoms with Crippen LogP contribution < -0.4 is 0 Å². The summed E-state index contributed by atoms with van der Waals surface area (Å²) < 4.78 is 5.14. The molecule has 2 rings (SSSR count). The molecule has 0 bridgehead atoms. The lowest BCUT2D eigenvalue weighted by Gasteiger charge is -2.03. The zero-order valence-corrected chi connectivity index (χ0v) is 18.5. The van der Waals surface area contributed by atoms with E-state index in [2.05, 4.69) is 26.0 Å². The van der Waals surface area contributed by atoms with E-state index < -0.39 is 0 Å². The van der Waals surface area contributed by atoms with Crippen molar-refractivity contribution < 1.29 is 0 Å². The summed E-state index contributed by atoms with van der Waals surface area (Å²) in [5.74, 6) is 2.32. The van der Waals surface area contributed by atoms with Crippen LogP contribution in [0.1, 0.15) is 39.5 Å². The first-order chi connectivity index (χ1) is 11.7. The van der Waals surface area contributed by atoms with Crippen molar-refractivity contribution in [3.8, 4) is 12.1 Å². The van der Waals surface area contributed by atoms with E-state index in [9.17, 15) is 10.5 Å². The van der Waals surface area contributed by atoms with Crippen LogP contribution in [0.25, 0.3) is 0 Å². The predicted octanol–water partition coefficient (Wildman–Crippen LogP) is 7.52. The monoisotopic (exact) mass is 430 g/mol. The van der Waals surface area contributed by atoms with Crippen LogP contribution >= 0.6 is 70.6 Å². The van der Waals surface area contributed by atoms with Crippen molar-refractivity contribution in [1.82, 2.24) is 0 Å². The van der Waals surface area contributed by atoms with Crippen LogP contribution in [0.15, 0.2) is 26.8 Å². The Kier molecular flexibility index (Phi) is 9.54. The van der Waals surface area contributed by atoms with Gasteiger partial charge in [-0.2, -0.15) is 10.5 Å². The molecule has 8 heteroatoms. The Morgan fingerprint density at radius 2 is 1.17 bits per heavy atom. The molecule has 0 spiro atoms. The molecule has 128 valence electrons. The highest BCUT2D eigenvalue weighted by Crippen LogP contribution is 2.63. The van der Waals surface area contributed by atoms with E-state index in [1.54, 1.807) is 0 Å². The number of unbranched alkanes of at least 4 members (excludes halogenated alkanes) is 2. The standard InChI is InChI=1S/C16H18N2S6/c1-3-5-7-19-13-14(20-8-6-4-2)24-16(23-13)15-21-11(9-17)12(10-18)22-15/h3-8H2,1-2H3. The van der Waals surface area contributed by atoms with Crippen molar-refractivity contribution >= 4 is 70.6 Å². The molecule has 2 aliphatic rings. The zero-order chi connectivity index (χ0) is 17.4. The lowest BCUT2D eigenvalue weighted by molar-refractivity contribution is 0.897. The first kappa shape index (κ1) is 20.6. The highest BCUT2D eigenvalue weighted by Gasteiger charge is 2.30. The van der Waals surface area contributed by atoms with Gasteiger partial charge in [-0.1, -0.05) is 73.7 Å². The lowest BCUT2D eigenvalue weighted by atomic mass is 10.4. The van der Waals surface area contributed by atoms with Crippen LogP contribution in [0, 0.1) is 22.7 Å². The Labute approximate surface area is 170 Å². The molecule has 0 N–H and O–H groups in total. The Morgan fingerprint density at radius 1 is 0.750 bits per heavy atom. The number of rotatable bonds is 8. The van der Waals surface area contributed by atoms with Gasteiger partial charge in [0.2, 0.25) is 0 Å². The van der Waals surface area contributed by atoms with Gasteiger partial charge in [-0.25, -0.2) is 0 Å². The van der Waals surface area contributed by atoms with Gasteiger partial charge < -0.3 is 0 Å². The van der Waals surface area contributed by atoms with Crippen LogP contribution in [0.2, 0.25) is 0 Å². The number of hydrogen-bond acceptors (Lipinski definition) is 8. The second-order valence-electron chi connectivity index (χ2n) is 4.84. The van der Waals surface area contributed by atoms with Crippen molar-refractivity contribution in [2.75, 3.05) is 11.5 Å². The molecule has 0 unspecified atom stereocenters. The summed E-state index contributed by atoms with van der Waals surface area (Å²) in [5.41, 5.74) is 0. The van der Waals surface area contributed by atoms with Crippen LogP contribution in [0.3, 0.4) is 0 Å². The van der Waals surface area contributed by atoms with Crippen LogP contribution in [0.5, 0.6) is 0 Å². The van der Waals surface area contributed by atoms with Gasteiger partial charge in [0.25, 0.3) is 0 Å². The van der Waals surface area contributed by atoms with Gasteiger partial charge in [-0.15, -0.1) is 23.5 Å². The Balaban J connectivity index is 2.08. The number of thioether (sulfide) groups is 6. The molecule has 24 heavy (non-hydrogen) atoms. The van der Waals surface area contributed by atoms with Gasteiger partial charge in [0.15, 0.2) is 0 Å². The second-order valence-corrected chi connectivity index (χ2v) is 12.2. The van der Waals surface area contributed by atoms with Gasteiger partial charge in [-0.05, 0) is 24.3 Å². The molecule has 0 aromatic carbocycles. The fourth-order valence-electron chi connectivity index (χ4n) is 1.68. The van der Waals surface area contributed by atoms with E-state index in [1.807, 2.05) is 47.0 Å². The number of allylic oxidation sites excluding steroid dienone is 2. The molecule has 0 fully saturated rings. The molecule has 0 saturated carbocycles. The topological polar surface area (TPSA) is 47.6 Å². The molecule has 2 heterocycles. The molecular weight excluding hydrogens is 413 g/mol. The average Bonchev–Trinajstić information content (AvgIpc) is 3.19. The fourth-order valence-corrected chi connectivity index (χ4v) is 10.3. The minimum atomic E-state index is 0.540. The highest BCUT2D eigenvalue weighted by molar-refractivity contribution is 8.42. The van der Waals surface area contributed by atoms with Crippen molar-refractivity contribution in [3.05, 3.63) is 26.8 Å². The summed E-state index contributed by atoms with van der Waals surface area (Å²) in [7, 11) is 0. The summed E-state index contributed by atoms with van der Waals surface area (Å²) in [4.78, 5) is 1.08. The maximum absolute atomic E-state index is 9.17. The Bertz CT molecular complexity index is 598. The quantitative estimate of drug-likeness (QED) is 0.366. The van der Waals surface area contributed by atoms with Crippen molar-refractivity contribution in [2.45, 2.75) is 39.5 Å². The van der Waals surface area contributed by atoms with E-state index in [-0.39, 0.29) is 0 Å². The molecule has 0 aliphatic carbocycles. The second kappa shape index (κ2) is 11.1. The van der Waals surface area contributed by atoms with Crippen LogP contribution in [0.4, 0.5) is 0 Å². The zero-order valence-electron chi connectivity index (χ0n) is 13.6. The Morgan fingerprint density at radius 3 is 1.54 bits per heavy atom. The number of nitrogens with zero attached hydrogens (tertiary/aromatic N) is 2. The van der Waals surface area contributed by atoms with Gasteiger partial charge in [0.05, 0.1) is 16.9 Å². The molecule has 0 atom stereocenters. The van der Waals surface area contributed by atoms with E-state index in [0.29, 0.717) is 9.81 Å². The van der Waals surface area contributed by atoms with Crippen LogP contribution in [-0.2, 0) is 0 Å². The first-order valence-corrected chi connectivity index (χ1v) is 13.0. The third kappa shape index (κ3) is 5.65. The van der Waals surface area contributed by atoms with E-state index in [1.165, 1.54) is 61.9 Å². The number of nitriles is 2. The third-order valence-electron chi connectivity index (χ3n) is 2.97. The minimum Gasteiger partial charge on any atom is -0.192 e. The van der Waals surface area contributed by atoms with Crippen molar-refractivity contribution in [1.29, 1.82) is 10.5 Å². The molecular formula is C16H18N2S6. The molecule has 0 radical (unpaired) electrons. The molecule has 2 nitrogen and oxygen atoms in total. The Hall–Kier alpha value is 0.300. The van der Waals surface area contributed by atoms with Gasteiger partial charge in [-0.3, -0.25) is 0 Å². The molecule has 0 saturated heterocycles. The van der Waals surface area contributed by atoms with Gasteiger partial charge in [0.1, 0.15) is 21.9 Å². The summed E-state index contributed by atoms with van der Waals surface area (Å²) in [6.07, 6.45) is 4.91. The maximum atomic E-state index is 9.17. The minimum absolute atomic E-state index is 0.540. The van der Waals surface area contributed by atoms with Crippen molar-refractivity contribution in [3.63, 3.8) is 0 Å². The van der Waals surface area contributed by atoms with Crippen LogP contribution in [-0.4, -0.2) is 11.5 Å². The maximum Gasteiger partial charge on any atom is 0.115 e. The van der Waals surface area contributed by atoms with E-state index in [4.69, 9.17) is 0 Å². The number of hydrogen-bond donors (Lipinski definition) is 0. The molecule has 0 aromatic rings. The normalized spacial score (nSPS) is 17.7. The van der Waals surface area contributed by atoms with Crippen molar-refractivity contribution in [2.24, 2.45) is 0 Å². The summed E-state index contributed by atoms with van der Waals surface area (Å²) in [6.45, 7) is 4.44. The molecule has 0 aromatic heterocycles. The largest absolute Gasteiger partial charge is 0.192 e.